The normalized spacial score (nSPS) is 11.8. The van der Waals surface area contributed by atoms with E-state index >= 15 is 0 Å². The first kappa shape index (κ1) is 23.1. The lowest BCUT2D eigenvalue weighted by molar-refractivity contribution is 1.26. The zero-order valence-corrected chi connectivity index (χ0v) is 21.8. The lowest BCUT2D eigenvalue weighted by Crippen LogP contribution is -1.90. The largest absolute Gasteiger partial charge is 0.354 e. The molecule has 0 spiro atoms. The fourth-order valence-corrected chi connectivity index (χ4v) is 5.49. The average molecular weight is 530 g/mol. The standard InChI is InChI=1S/C34H23N7/c1-4-18-35-23(7-1)32-26-12-10-21(38-26)22-11-13-27(39-22)33(24-8-2-5-19-36-24)29-15-17-31(41-29)34(25-9-3-6-20-37-25)30-16-14-28(32)40-30/h1-20,38-40H. The number of H-pyrrole nitrogens is 3. The summed E-state index contributed by atoms with van der Waals surface area (Å²) in [6.07, 6.45) is 9.54. The van der Waals surface area contributed by atoms with Gasteiger partial charge in [0.05, 0.1) is 61.6 Å². The van der Waals surface area contributed by atoms with Crippen molar-refractivity contribution in [1.29, 1.82) is 0 Å². The van der Waals surface area contributed by atoms with E-state index in [-0.39, 0.29) is 0 Å². The first-order valence-corrected chi connectivity index (χ1v) is 13.4. The van der Waals surface area contributed by atoms with Gasteiger partial charge in [-0.25, -0.2) is 4.98 Å². The highest BCUT2D eigenvalue weighted by Gasteiger charge is 2.17. The molecule has 41 heavy (non-hydrogen) atoms. The molecule has 0 unspecified atom stereocenters. The first-order valence-electron chi connectivity index (χ1n) is 13.4. The van der Waals surface area contributed by atoms with Crippen LogP contribution in [0.1, 0.15) is 11.4 Å². The van der Waals surface area contributed by atoms with Crippen molar-refractivity contribution < 1.29 is 0 Å². The summed E-state index contributed by atoms with van der Waals surface area (Å²) in [7, 11) is 0. The maximum Gasteiger partial charge on any atom is 0.0753 e. The minimum atomic E-state index is 0.822. The number of rotatable bonds is 3. The number of nitrogens with one attached hydrogen (secondary N) is 3. The summed E-state index contributed by atoms with van der Waals surface area (Å²) in [5.41, 5.74) is 12.7. The molecule has 8 bridgehead atoms. The molecule has 0 amide bonds. The van der Waals surface area contributed by atoms with Crippen molar-refractivity contribution >= 4 is 45.3 Å². The summed E-state index contributed by atoms with van der Waals surface area (Å²) in [5.74, 6) is 0. The van der Waals surface area contributed by atoms with Crippen LogP contribution in [-0.2, 0) is 0 Å². The Kier molecular flexibility index (Phi) is 5.31. The van der Waals surface area contributed by atoms with Gasteiger partial charge in [0.15, 0.2) is 0 Å². The van der Waals surface area contributed by atoms with E-state index < -0.39 is 0 Å². The van der Waals surface area contributed by atoms with Gasteiger partial charge in [-0.15, -0.1) is 0 Å². The van der Waals surface area contributed by atoms with Crippen LogP contribution in [0.5, 0.6) is 0 Å². The molecule has 8 heterocycles. The monoisotopic (exact) mass is 529 g/mol. The van der Waals surface area contributed by atoms with E-state index in [2.05, 4.69) is 63.5 Å². The third kappa shape index (κ3) is 3.99. The molecule has 194 valence electrons. The average Bonchev–Trinajstić information content (AvgIpc) is 3.84. The molecule has 0 aromatic carbocycles. The Labute approximate surface area is 234 Å². The van der Waals surface area contributed by atoms with E-state index in [0.717, 1.165) is 78.3 Å². The molecule has 0 saturated heterocycles. The van der Waals surface area contributed by atoms with Gasteiger partial charge >= 0.3 is 0 Å². The van der Waals surface area contributed by atoms with Crippen LogP contribution in [0.2, 0.25) is 0 Å². The van der Waals surface area contributed by atoms with E-state index in [4.69, 9.17) is 19.9 Å². The van der Waals surface area contributed by atoms with Crippen LogP contribution < -0.4 is 0 Å². The Hall–Kier alpha value is -5.82. The lowest BCUT2D eigenvalue weighted by atomic mass is 10.1. The quantitative estimate of drug-likeness (QED) is 0.217. The highest BCUT2D eigenvalue weighted by atomic mass is 14.8. The summed E-state index contributed by atoms with van der Waals surface area (Å²) in [5, 5.41) is 0. The van der Waals surface area contributed by atoms with Crippen LogP contribution in [0.4, 0.5) is 0 Å². The minimum Gasteiger partial charge on any atom is -0.354 e. The van der Waals surface area contributed by atoms with Crippen molar-refractivity contribution in [2.75, 3.05) is 0 Å². The predicted molar refractivity (Wildman–Crippen MR) is 165 cm³/mol. The molecule has 0 atom stereocenters. The maximum absolute atomic E-state index is 5.17. The van der Waals surface area contributed by atoms with Gasteiger partial charge in [-0.05, 0) is 84.9 Å². The second kappa shape index (κ2) is 9.43. The molecule has 1 aliphatic rings. The van der Waals surface area contributed by atoms with Gasteiger partial charge in [0.2, 0.25) is 0 Å². The number of nitrogens with zero attached hydrogens (tertiary/aromatic N) is 4. The first-order chi connectivity index (χ1) is 20.3. The molecule has 1 aliphatic heterocycles. The van der Waals surface area contributed by atoms with Gasteiger partial charge < -0.3 is 15.0 Å². The molecule has 3 N–H and O–H groups in total. The van der Waals surface area contributed by atoms with Crippen molar-refractivity contribution in [1.82, 2.24) is 34.9 Å². The molecule has 0 radical (unpaired) electrons. The third-order valence-corrected chi connectivity index (χ3v) is 7.34. The highest BCUT2D eigenvalue weighted by Crippen LogP contribution is 2.34. The van der Waals surface area contributed by atoms with Gasteiger partial charge in [0.25, 0.3) is 0 Å². The third-order valence-electron chi connectivity index (χ3n) is 7.34. The zero-order chi connectivity index (χ0) is 27.2. The number of hydrogen-bond acceptors (Lipinski definition) is 4. The maximum atomic E-state index is 5.17. The number of pyridine rings is 3. The summed E-state index contributed by atoms with van der Waals surface area (Å²) in [6, 6.07) is 30.4. The zero-order valence-electron chi connectivity index (χ0n) is 21.8. The Bertz CT molecular complexity index is 2190. The number of hydrogen-bond donors (Lipinski definition) is 3. The number of aromatic nitrogens is 7. The topological polar surface area (TPSA) is 98.9 Å². The van der Waals surface area contributed by atoms with Gasteiger partial charge in [-0.3, -0.25) is 15.0 Å². The lowest BCUT2D eigenvalue weighted by Gasteiger charge is -2.04. The SMILES string of the molecule is C1=Cc2nc1c(-c1ccccn1)c1ccc([nH]1)c(-c1ccccn1)c1ccc([nH]1)c1ccc([nH]1)c2-c1ccccn1. The summed E-state index contributed by atoms with van der Waals surface area (Å²) in [4.78, 5) is 30.2. The van der Waals surface area contributed by atoms with Crippen molar-refractivity contribution in [3.05, 3.63) is 121 Å². The smallest absolute Gasteiger partial charge is 0.0753 e. The minimum absolute atomic E-state index is 0.822. The van der Waals surface area contributed by atoms with E-state index in [1.54, 1.807) is 0 Å². The molecule has 7 nitrogen and oxygen atoms in total. The molecule has 7 heteroatoms. The molecular weight excluding hydrogens is 506 g/mol. The van der Waals surface area contributed by atoms with Crippen molar-refractivity contribution in [2.24, 2.45) is 0 Å². The molecule has 0 fully saturated rings. The van der Waals surface area contributed by atoms with Crippen LogP contribution in [0, 0.1) is 0 Å². The van der Waals surface area contributed by atoms with E-state index in [0.29, 0.717) is 0 Å². The fraction of sp³-hybridized carbons (Fsp3) is 0. The molecule has 8 rings (SSSR count). The Morgan fingerprint density at radius 3 is 1.15 bits per heavy atom. The van der Waals surface area contributed by atoms with Crippen LogP contribution in [-0.4, -0.2) is 34.9 Å². The highest BCUT2D eigenvalue weighted by molar-refractivity contribution is 5.98. The van der Waals surface area contributed by atoms with E-state index in [1.165, 1.54) is 0 Å². The summed E-state index contributed by atoms with van der Waals surface area (Å²) < 4.78 is 0. The van der Waals surface area contributed by atoms with Crippen LogP contribution >= 0.6 is 0 Å². The number of aromatic amines is 3. The van der Waals surface area contributed by atoms with Crippen LogP contribution in [0.25, 0.3) is 79.0 Å². The summed E-state index contributed by atoms with van der Waals surface area (Å²) >= 11 is 0. The molecular formula is C34H23N7. The molecule has 7 aromatic rings. The van der Waals surface area contributed by atoms with Crippen molar-refractivity contribution in [2.45, 2.75) is 0 Å². The van der Waals surface area contributed by atoms with Gasteiger partial charge in [0.1, 0.15) is 0 Å². The second-order valence-electron chi connectivity index (χ2n) is 9.84. The van der Waals surface area contributed by atoms with Gasteiger partial charge in [-0.2, -0.15) is 0 Å². The predicted octanol–water partition coefficient (Wildman–Crippen LogP) is 7.88. The molecule has 7 aromatic heterocycles. The Morgan fingerprint density at radius 2 is 0.732 bits per heavy atom. The van der Waals surface area contributed by atoms with Crippen LogP contribution in [0.3, 0.4) is 0 Å². The van der Waals surface area contributed by atoms with E-state index in [9.17, 15) is 0 Å². The second-order valence-corrected chi connectivity index (χ2v) is 9.84. The fourth-order valence-electron chi connectivity index (χ4n) is 5.49. The molecule has 0 aliphatic carbocycles. The Balaban J connectivity index is 1.58. The van der Waals surface area contributed by atoms with E-state index in [1.807, 2.05) is 73.2 Å². The Morgan fingerprint density at radius 1 is 0.366 bits per heavy atom. The van der Waals surface area contributed by atoms with Gasteiger partial charge in [0, 0.05) is 35.3 Å². The van der Waals surface area contributed by atoms with Crippen LogP contribution in [0.15, 0.2) is 110 Å². The van der Waals surface area contributed by atoms with Crippen molar-refractivity contribution in [3.8, 4) is 33.8 Å². The molecule has 0 saturated carbocycles. The van der Waals surface area contributed by atoms with Gasteiger partial charge in [-0.1, -0.05) is 18.2 Å². The summed E-state index contributed by atoms with van der Waals surface area (Å²) in [6.45, 7) is 0. The van der Waals surface area contributed by atoms with Crippen molar-refractivity contribution in [3.63, 3.8) is 0 Å². The number of fused-ring (bicyclic) bond motifs is 9.